The molecule has 29 heavy (non-hydrogen) atoms. The first-order chi connectivity index (χ1) is 14.2. The number of likely N-dealkylation sites (tertiary alicyclic amines) is 1. The van der Waals surface area contributed by atoms with Crippen LogP contribution in [0.4, 0.5) is 4.39 Å². The second kappa shape index (κ2) is 10.8. The van der Waals surface area contributed by atoms with Gasteiger partial charge in [-0.3, -0.25) is 4.99 Å². The van der Waals surface area contributed by atoms with Crippen LogP contribution in [0.3, 0.4) is 0 Å². The van der Waals surface area contributed by atoms with Crippen LogP contribution in [0.5, 0.6) is 11.6 Å². The van der Waals surface area contributed by atoms with Crippen LogP contribution in [0.15, 0.2) is 47.6 Å². The molecule has 0 unspecified atom stereocenters. The second-order valence-corrected chi connectivity index (χ2v) is 7.21. The van der Waals surface area contributed by atoms with E-state index in [1.54, 1.807) is 25.4 Å². The predicted octanol–water partition coefficient (Wildman–Crippen LogP) is 3.55. The smallest absolute Gasteiger partial charge is 0.224 e. The molecule has 2 N–H and O–H groups in total. The van der Waals surface area contributed by atoms with Gasteiger partial charge in [0.15, 0.2) is 5.96 Å². The molecule has 2 aromatic rings. The van der Waals surface area contributed by atoms with E-state index in [4.69, 9.17) is 4.74 Å². The van der Waals surface area contributed by atoms with Crippen LogP contribution >= 0.6 is 0 Å². The average Bonchev–Trinajstić information content (AvgIpc) is 2.73. The summed E-state index contributed by atoms with van der Waals surface area (Å²) in [6.07, 6.45) is 5.09. The quantitative estimate of drug-likeness (QED) is 0.551. The van der Waals surface area contributed by atoms with Crippen molar-refractivity contribution in [2.45, 2.75) is 38.8 Å². The van der Waals surface area contributed by atoms with Crippen molar-refractivity contribution in [3.8, 4) is 11.6 Å². The number of rotatable bonds is 7. The van der Waals surface area contributed by atoms with Gasteiger partial charge in [-0.15, -0.1) is 0 Å². The lowest BCUT2D eigenvalue weighted by molar-refractivity contribution is 0.206. The van der Waals surface area contributed by atoms with E-state index in [0.717, 1.165) is 37.5 Å². The van der Waals surface area contributed by atoms with Crippen molar-refractivity contribution in [1.29, 1.82) is 0 Å². The molecule has 0 amide bonds. The lowest BCUT2D eigenvalue weighted by Gasteiger charge is -2.32. The van der Waals surface area contributed by atoms with Gasteiger partial charge < -0.3 is 20.3 Å². The van der Waals surface area contributed by atoms with Gasteiger partial charge in [-0.05, 0) is 44.0 Å². The number of pyridine rings is 1. The number of piperidine rings is 1. The van der Waals surface area contributed by atoms with Crippen LogP contribution in [-0.2, 0) is 6.54 Å². The van der Waals surface area contributed by atoms with Gasteiger partial charge in [-0.1, -0.05) is 19.1 Å². The first kappa shape index (κ1) is 21.0. The first-order valence-corrected chi connectivity index (χ1v) is 10.2. The van der Waals surface area contributed by atoms with Gasteiger partial charge in [0.05, 0.1) is 0 Å². The number of ether oxygens (including phenoxy) is 1. The molecule has 1 aromatic carbocycles. The van der Waals surface area contributed by atoms with E-state index in [1.165, 1.54) is 25.1 Å². The van der Waals surface area contributed by atoms with Crippen LogP contribution in [0, 0.1) is 5.82 Å². The Labute approximate surface area is 172 Å². The highest BCUT2D eigenvalue weighted by Crippen LogP contribution is 2.23. The number of guanidine groups is 1. The number of aromatic nitrogens is 1. The number of nitrogens with zero attached hydrogens (tertiary/aromatic N) is 3. The SMILES string of the molecule is CCCN1CCC(NC(=NC)NCc2cccnc2Oc2cccc(F)c2)CC1. The largest absolute Gasteiger partial charge is 0.439 e. The minimum absolute atomic E-state index is 0.340. The number of benzene rings is 1. The van der Waals surface area contributed by atoms with E-state index in [0.29, 0.717) is 24.2 Å². The summed E-state index contributed by atoms with van der Waals surface area (Å²) in [4.78, 5) is 11.2. The number of hydrogen-bond acceptors (Lipinski definition) is 4. The van der Waals surface area contributed by atoms with Crippen molar-refractivity contribution in [3.05, 3.63) is 54.0 Å². The average molecular weight is 400 g/mol. The maximum atomic E-state index is 13.4. The van der Waals surface area contributed by atoms with Crippen molar-refractivity contribution in [1.82, 2.24) is 20.5 Å². The maximum Gasteiger partial charge on any atom is 0.224 e. The summed E-state index contributed by atoms with van der Waals surface area (Å²) in [7, 11) is 1.77. The van der Waals surface area contributed by atoms with Gasteiger partial charge in [0.1, 0.15) is 11.6 Å². The molecule has 0 aliphatic carbocycles. The van der Waals surface area contributed by atoms with Gasteiger partial charge in [0, 0.05) is 50.6 Å². The normalized spacial score (nSPS) is 15.9. The minimum Gasteiger partial charge on any atom is -0.439 e. The lowest BCUT2D eigenvalue weighted by atomic mass is 10.1. The molecule has 0 radical (unpaired) electrons. The zero-order valence-electron chi connectivity index (χ0n) is 17.2. The Bertz CT molecular complexity index is 805. The van der Waals surface area contributed by atoms with Crippen LogP contribution in [0.2, 0.25) is 0 Å². The van der Waals surface area contributed by atoms with E-state index in [2.05, 4.69) is 32.4 Å². The number of hydrogen-bond donors (Lipinski definition) is 2. The molecule has 1 aromatic heterocycles. The van der Waals surface area contributed by atoms with Crippen LogP contribution in [0.25, 0.3) is 0 Å². The van der Waals surface area contributed by atoms with Crippen molar-refractivity contribution in [2.75, 3.05) is 26.7 Å². The molecule has 6 nitrogen and oxygen atoms in total. The van der Waals surface area contributed by atoms with Gasteiger partial charge in [0.2, 0.25) is 5.88 Å². The fourth-order valence-corrected chi connectivity index (χ4v) is 3.48. The highest BCUT2D eigenvalue weighted by molar-refractivity contribution is 5.80. The van der Waals surface area contributed by atoms with Gasteiger partial charge in [-0.25, -0.2) is 9.37 Å². The molecule has 1 aliphatic heterocycles. The summed E-state index contributed by atoms with van der Waals surface area (Å²) in [5.41, 5.74) is 0.873. The highest BCUT2D eigenvalue weighted by atomic mass is 19.1. The zero-order valence-corrected chi connectivity index (χ0v) is 17.2. The Morgan fingerprint density at radius 1 is 1.28 bits per heavy atom. The fraction of sp³-hybridized carbons (Fsp3) is 0.455. The standard InChI is InChI=1S/C22H30FN5O/c1-3-12-28-13-9-19(10-14-28)27-22(24-2)26-16-17-6-5-11-25-21(17)29-20-8-4-7-18(23)15-20/h4-8,11,15,19H,3,9-10,12-14,16H2,1-2H3,(H2,24,26,27). The highest BCUT2D eigenvalue weighted by Gasteiger charge is 2.19. The van der Waals surface area contributed by atoms with E-state index < -0.39 is 0 Å². The lowest BCUT2D eigenvalue weighted by Crippen LogP contribution is -2.48. The Balaban J connectivity index is 1.55. The molecule has 2 heterocycles. The predicted molar refractivity (Wildman–Crippen MR) is 114 cm³/mol. The summed E-state index contributed by atoms with van der Waals surface area (Å²) in [5, 5.41) is 6.85. The molecule has 1 aliphatic rings. The Morgan fingerprint density at radius 3 is 2.83 bits per heavy atom. The maximum absolute atomic E-state index is 13.4. The molecule has 7 heteroatoms. The van der Waals surface area contributed by atoms with Crippen molar-refractivity contribution in [2.24, 2.45) is 4.99 Å². The van der Waals surface area contributed by atoms with Gasteiger partial charge in [-0.2, -0.15) is 0 Å². The third-order valence-electron chi connectivity index (χ3n) is 5.00. The summed E-state index contributed by atoms with van der Waals surface area (Å²) in [5.74, 6) is 1.30. The summed E-state index contributed by atoms with van der Waals surface area (Å²) >= 11 is 0. The van der Waals surface area contributed by atoms with Crippen molar-refractivity contribution < 1.29 is 9.13 Å². The van der Waals surface area contributed by atoms with Crippen LogP contribution in [0.1, 0.15) is 31.7 Å². The number of halogens is 1. The van der Waals surface area contributed by atoms with Crippen LogP contribution < -0.4 is 15.4 Å². The molecule has 0 atom stereocenters. The summed E-state index contributed by atoms with van der Waals surface area (Å²) in [6, 6.07) is 10.3. The molecule has 3 rings (SSSR count). The summed E-state index contributed by atoms with van der Waals surface area (Å²) in [6.45, 7) is 6.15. The Morgan fingerprint density at radius 2 is 2.10 bits per heavy atom. The molecular weight excluding hydrogens is 369 g/mol. The van der Waals surface area contributed by atoms with E-state index >= 15 is 0 Å². The second-order valence-electron chi connectivity index (χ2n) is 7.21. The van der Waals surface area contributed by atoms with Gasteiger partial charge in [0.25, 0.3) is 0 Å². The molecule has 1 fully saturated rings. The fourth-order valence-electron chi connectivity index (χ4n) is 3.48. The number of nitrogens with one attached hydrogen (secondary N) is 2. The van der Waals surface area contributed by atoms with Crippen molar-refractivity contribution >= 4 is 5.96 Å². The zero-order chi connectivity index (χ0) is 20.5. The van der Waals surface area contributed by atoms with E-state index in [-0.39, 0.29) is 5.82 Å². The third kappa shape index (κ3) is 6.42. The van der Waals surface area contributed by atoms with Crippen LogP contribution in [-0.4, -0.2) is 48.6 Å². The molecule has 0 saturated carbocycles. The molecule has 0 spiro atoms. The Hall–Kier alpha value is -2.67. The van der Waals surface area contributed by atoms with Gasteiger partial charge >= 0.3 is 0 Å². The monoisotopic (exact) mass is 399 g/mol. The van der Waals surface area contributed by atoms with Crippen molar-refractivity contribution in [3.63, 3.8) is 0 Å². The van der Waals surface area contributed by atoms with E-state index in [1.807, 2.05) is 12.1 Å². The molecule has 0 bridgehead atoms. The molecular formula is C22H30FN5O. The number of aliphatic imine (C=N–C) groups is 1. The molecule has 1 saturated heterocycles. The van der Waals surface area contributed by atoms with E-state index in [9.17, 15) is 4.39 Å². The first-order valence-electron chi connectivity index (χ1n) is 10.2. The Kier molecular flexibility index (Phi) is 7.81. The third-order valence-corrected chi connectivity index (χ3v) is 5.00. The minimum atomic E-state index is -0.340. The summed E-state index contributed by atoms with van der Waals surface area (Å²) < 4.78 is 19.2. The topological polar surface area (TPSA) is 61.8 Å². The molecule has 156 valence electrons.